The fraction of sp³-hybridized carbons (Fsp3) is 0.300. The Balaban J connectivity index is 1.94. The van der Waals surface area contributed by atoms with Crippen molar-refractivity contribution in [1.29, 1.82) is 0 Å². The summed E-state index contributed by atoms with van der Waals surface area (Å²) in [5.41, 5.74) is 2.09. The number of hydrogen-bond donors (Lipinski definition) is 1. The van der Waals surface area contributed by atoms with Gasteiger partial charge in [0.05, 0.1) is 11.7 Å². The third-order valence-corrected chi connectivity index (χ3v) is 3.40. The van der Waals surface area contributed by atoms with Crippen LogP contribution >= 0.6 is 0 Å². The molecule has 5 heteroatoms. The Bertz CT molecular complexity index is 738. The minimum absolute atomic E-state index is 0.175. The molecule has 0 bridgehead atoms. The van der Waals surface area contributed by atoms with Gasteiger partial charge in [0.15, 0.2) is 6.10 Å². The molecular weight excluding hydrogens is 318 g/mol. The molecule has 2 aromatic rings. The van der Waals surface area contributed by atoms with Crippen LogP contribution in [-0.4, -0.2) is 24.1 Å². The third kappa shape index (κ3) is 5.64. The van der Waals surface area contributed by atoms with Crippen LogP contribution in [0.25, 0.3) is 0 Å². The average Bonchev–Trinajstić information content (AvgIpc) is 2.54. The van der Waals surface area contributed by atoms with Gasteiger partial charge in [-0.1, -0.05) is 12.1 Å². The average molecular weight is 341 g/mol. The number of hydrogen-bond acceptors (Lipinski definition) is 4. The Morgan fingerprint density at radius 1 is 1.00 bits per heavy atom. The van der Waals surface area contributed by atoms with Gasteiger partial charge in [-0.25, -0.2) is 4.79 Å². The molecule has 1 N–H and O–H groups in total. The minimum atomic E-state index is -0.646. The molecule has 0 aliphatic rings. The first-order valence-electron chi connectivity index (χ1n) is 8.20. The first kappa shape index (κ1) is 18.5. The van der Waals surface area contributed by atoms with E-state index in [-0.39, 0.29) is 18.0 Å². The number of aryl methyl sites for hydroxylation is 1. The van der Waals surface area contributed by atoms with Crippen molar-refractivity contribution in [1.82, 2.24) is 0 Å². The van der Waals surface area contributed by atoms with Gasteiger partial charge in [-0.2, -0.15) is 0 Å². The highest BCUT2D eigenvalue weighted by Crippen LogP contribution is 2.16. The highest BCUT2D eigenvalue weighted by Gasteiger charge is 2.15. The number of anilines is 1. The monoisotopic (exact) mass is 341 g/mol. The Morgan fingerprint density at radius 2 is 1.68 bits per heavy atom. The second-order valence-electron chi connectivity index (χ2n) is 6.10. The highest BCUT2D eigenvalue weighted by atomic mass is 16.5. The molecule has 0 aliphatic carbocycles. The summed E-state index contributed by atoms with van der Waals surface area (Å²) in [6.45, 7) is 7.24. The first-order chi connectivity index (χ1) is 11.8. The van der Waals surface area contributed by atoms with Crippen molar-refractivity contribution in [2.45, 2.75) is 39.9 Å². The summed E-state index contributed by atoms with van der Waals surface area (Å²) in [6, 6.07) is 14.1. The summed E-state index contributed by atoms with van der Waals surface area (Å²) >= 11 is 0. The number of rotatable bonds is 6. The van der Waals surface area contributed by atoms with Gasteiger partial charge in [-0.05, 0) is 69.7 Å². The van der Waals surface area contributed by atoms with E-state index in [2.05, 4.69) is 5.32 Å². The summed E-state index contributed by atoms with van der Waals surface area (Å²) in [5, 5.41) is 2.77. The zero-order valence-corrected chi connectivity index (χ0v) is 14.9. The van der Waals surface area contributed by atoms with Crippen LogP contribution in [0.2, 0.25) is 0 Å². The number of carbonyl (C=O) groups is 2. The molecule has 25 heavy (non-hydrogen) atoms. The standard InChI is InChI=1S/C20H23NO4/c1-13(2)24-20(23)16-8-10-17(11-9-16)21-19(22)15(4)25-18-7-5-6-14(3)12-18/h5-13,15H,1-4H3,(H,21,22)/t15-/m1/s1. The van der Waals surface area contributed by atoms with E-state index < -0.39 is 6.10 Å². The number of ether oxygens (including phenoxy) is 2. The molecule has 132 valence electrons. The van der Waals surface area contributed by atoms with Crippen LogP contribution in [0.1, 0.15) is 36.7 Å². The molecular formula is C20H23NO4. The Labute approximate surface area is 148 Å². The van der Waals surface area contributed by atoms with Gasteiger partial charge < -0.3 is 14.8 Å². The lowest BCUT2D eigenvalue weighted by molar-refractivity contribution is -0.122. The van der Waals surface area contributed by atoms with Crippen molar-refractivity contribution < 1.29 is 19.1 Å². The van der Waals surface area contributed by atoms with Crippen LogP contribution < -0.4 is 10.1 Å². The van der Waals surface area contributed by atoms with Gasteiger partial charge in [0, 0.05) is 5.69 Å². The van der Waals surface area contributed by atoms with Crippen LogP contribution in [0.15, 0.2) is 48.5 Å². The SMILES string of the molecule is Cc1cccc(O[C@H](C)C(=O)Nc2ccc(C(=O)OC(C)C)cc2)c1. The Kier molecular flexibility index (Phi) is 6.17. The van der Waals surface area contributed by atoms with Gasteiger partial charge in [-0.15, -0.1) is 0 Å². The molecule has 2 aromatic carbocycles. The predicted molar refractivity (Wildman–Crippen MR) is 96.9 cm³/mol. The van der Waals surface area contributed by atoms with E-state index in [0.717, 1.165) is 5.56 Å². The zero-order chi connectivity index (χ0) is 18.4. The van der Waals surface area contributed by atoms with Gasteiger partial charge in [0.25, 0.3) is 5.91 Å². The van der Waals surface area contributed by atoms with Crippen molar-refractivity contribution >= 4 is 17.6 Å². The van der Waals surface area contributed by atoms with E-state index in [1.54, 1.807) is 45.0 Å². The second kappa shape index (κ2) is 8.33. The molecule has 0 spiro atoms. The van der Waals surface area contributed by atoms with E-state index in [0.29, 0.717) is 17.0 Å². The number of esters is 1. The predicted octanol–water partition coefficient (Wildman–Crippen LogP) is 3.97. The number of carbonyl (C=O) groups excluding carboxylic acids is 2. The molecule has 0 aliphatic heterocycles. The van der Waals surface area contributed by atoms with Gasteiger partial charge in [0.1, 0.15) is 5.75 Å². The zero-order valence-electron chi connectivity index (χ0n) is 14.9. The molecule has 0 heterocycles. The van der Waals surface area contributed by atoms with E-state index in [4.69, 9.17) is 9.47 Å². The summed E-state index contributed by atoms with van der Waals surface area (Å²) in [5.74, 6) is -0.00235. The molecule has 0 saturated carbocycles. The molecule has 0 aromatic heterocycles. The van der Waals surface area contributed by atoms with Crippen LogP contribution in [0.5, 0.6) is 5.75 Å². The van der Waals surface area contributed by atoms with Gasteiger partial charge in [0.2, 0.25) is 0 Å². The van der Waals surface area contributed by atoms with E-state index >= 15 is 0 Å². The van der Waals surface area contributed by atoms with E-state index in [9.17, 15) is 9.59 Å². The van der Waals surface area contributed by atoms with Crippen molar-refractivity contribution in [3.8, 4) is 5.75 Å². The fourth-order valence-electron chi connectivity index (χ4n) is 2.16. The molecule has 0 fully saturated rings. The molecule has 2 rings (SSSR count). The highest BCUT2D eigenvalue weighted by molar-refractivity contribution is 5.95. The van der Waals surface area contributed by atoms with Crippen molar-refractivity contribution in [3.63, 3.8) is 0 Å². The topological polar surface area (TPSA) is 64.6 Å². The molecule has 1 amide bonds. The van der Waals surface area contributed by atoms with Crippen LogP contribution in [0.4, 0.5) is 5.69 Å². The minimum Gasteiger partial charge on any atom is -0.481 e. The smallest absolute Gasteiger partial charge is 0.338 e. The number of nitrogens with one attached hydrogen (secondary N) is 1. The summed E-state index contributed by atoms with van der Waals surface area (Å²) < 4.78 is 10.8. The van der Waals surface area contributed by atoms with E-state index in [1.807, 2.05) is 31.2 Å². The molecule has 5 nitrogen and oxygen atoms in total. The van der Waals surface area contributed by atoms with Gasteiger partial charge >= 0.3 is 5.97 Å². The fourth-order valence-corrected chi connectivity index (χ4v) is 2.16. The Hall–Kier alpha value is -2.82. The molecule has 0 saturated heterocycles. The summed E-state index contributed by atoms with van der Waals surface area (Å²) in [7, 11) is 0. The quantitative estimate of drug-likeness (QED) is 0.808. The maximum atomic E-state index is 12.2. The van der Waals surface area contributed by atoms with Crippen molar-refractivity contribution in [2.24, 2.45) is 0 Å². The number of amides is 1. The first-order valence-corrected chi connectivity index (χ1v) is 8.20. The third-order valence-electron chi connectivity index (χ3n) is 3.40. The number of benzene rings is 2. The van der Waals surface area contributed by atoms with Crippen molar-refractivity contribution in [3.05, 3.63) is 59.7 Å². The maximum Gasteiger partial charge on any atom is 0.338 e. The van der Waals surface area contributed by atoms with Crippen LogP contribution in [0.3, 0.4) is 0 Å². The largest absolute Gasteiger partial charge is 0.481 e. The lowest BCUT2D eigenvalue weighted by atomic mass is 10.2. The summed E-state index contributed by atoms with van der Waals surface area (Å²) in [4.78, 5) is 24.0. The maximum absolute atomic E-state index is 12.2. The molecule has 0 unspecified atom stereocenters. The Morgan fingerprint density at radius 3 is 2.28 bits per heavy atom. The molecule has 0 radical (unpaired) electrons. The van der Waals surface area contributed by atoms with E-state index in [1.165, 1.54) is 0 Å². The van der Waals surface area contributed by atoms with Crippen molar-refractivity contribution in [2.75, 3.05) is 5.32 Å². The lowest BCUT2D eigenvalue weighted by Gasteiger charge is -2.15. The lowest BCUT2D eigenvalue weighted by Crippen LogP contribution is -2.30. The molecule has 1 atom stereocenters. The van der Waals surface area contributed by atoms with Crippen LogP contribution in [0, 0.1) is 6.92 Å². The normalized spacial score (nSPS) is 11.7. The summed E-state index contributed by atoms with van der Waals surface area (Å²) in [6.07, 6.45) is -0.820. The van der Waals surface area contributed by atoms with Gasteiger partial charge in [-0.3, -0.25) is 4.79 Å². The second-order valence-corrected chi connectivity index (χ2v) is 6.10. The van der Waals surface area contributed by atoms with Crippen LogP contribution in [-0.2, 0) is 9.53 Å².